The van der Waals surface area contributed by atoms with E-state index in [4.69, 9.17) is 16.3 Å². The van der Waals surface area contributed by atoms with Gasteiger partial charge in [-0.3, -0.25) is 47.9 Å². The number of carboxylic acid groups (broad SMARTS) is 1. The van der Waals surface area contributed by atoms with E-state index in [2.05, 4.69) is 31.9 Å². The van der Waals surface area contributed by atoms with Crippen molar-refractivity contribution in [3.63, 3.8) is 0 Å². The highest BCUT2D eigenvalue weighted by Crippen LogP contribution is 2.68. The SMILES string of the molecule is CNC(=O)C1(NC(=O)C(=O)c2c(C)c(C(=O)Nc3ccc(F)c(Cl)c3)n3c2[C@]2(F)C[C@]2(F)C3)CC(F)(F)C1.CNC(=O)C1(NC(=O)C(=O)c2c(C)c(C(=O)O)n3c2[C@@H]2C[C@@H]2C3)CC(F)(F)C1.CNC(=O)C1(NC(=O)C(=O)c2c(C)c(C(=O)OC)n3c2[C@@H]2C[C@@H]2C3)CC(F)(F)C1. The number of aromatic nitrogens is 3. The number of halogens is 10. The van der Waals surface area contributed by atoms with Crippen LogP contribution in [0.25, 0.3) is 0 Å². The highest BCUT2D eigenvalue weighted by molar-refractivity contribution is 6.45. The molecule has 0 unspecified atom stereocenters. The molecule has 3 aliphatic heterocycles. The van der Waals surface area contributed by atoms with Crippen LogP contribution in [0.1, 0.15) is 166 Å². The van der Waals surface area contributed by atoms with E-state index in [1.54, 1.807) is 16.1 Å². The number of carboxylic acids is 1. The van der Waals surface area contributed by atoms with E-state index in [0.717, 1.165) is 29.5 Å². The number of anilines is 1. The molecular weight excluding hydrogens is 1300 g/mol. The maximum Gasteiger partial charge on any atom is 0.354 e. The van der Waals surface area contributed by atoms with Gasteiger partial charge in [0.25, 0.3) is 58.7 Å². The second-order valence-corrected chi connectivity index (χ2v) is 26.4. The second-order valence-electron chi connectivity index (χ2n) is 26.0. The zero-order valence-electron chi connectivity index (χ0n) is 51.4. The van der Waals surface area contributed by atoms with Crippen LogP contribution in [0.15, 0.2) is 18.2 Å². The Morgan fingerprint density at radius 1 is 0.558 bits per heavy atom. The van der Waals surface area contributed by atoms with Gasteiger partial charge in [0, 0.05) is 108 Å². The molecule has 0 bridgehead atoms. The number of carbonyl (C=O) groups is 12. The smallest absolute Gasteiger partial charge is 0.354 e. The topological polar surface area (TPSA) is 333 Å². The van der Waals surface area contributed by atoms with Gasteiger partial charge in [-0.25, -0.2) is 49.1 Å². The van der Waals surface area contributed by atoms with E-state index in [-0.39, 0.29) is 67.8 Å². The summed E-state index contributed by atoms with van der Waals surface area (Å²) in [5, 5.41) is 24.7. The first-order valence-corrected chi connectivity index (χ1v) is 30.1. The fourth-order valence-electron chi connectivity index (χ4n) is 14.9. The summed E-state index contributed by atoms with van der Waals surface area (Å²) in [7, 11) is 4.93. The first-order valence-electron chi connectivity index (χ1n) is 29.7. The van der Waals surface area contributed by atoms with Crippen molar-refractivity contribution >= 4 is 87.9 Å². The summed E-state index contributed by atoms with van der Waals surface area (Å²) < 4.78 is 134. The van der Waals surface area contributed by atoms with Gasteiger partial charge in [0.1, 0.15) is 39.5 Å². The van der Waals surface area contributed by atoms with Crippen LogP contribution in [0.5, 0.6) is 0 Å². The Kier molecular flexibility index (Phi) is 15.8. The van der Waals surface area contributed by atoms with E-state index in [1.165, 1.54) is 48.2 Å². The van der Waals surface area contributed by atoms with Crippen LogP contribution in [0.2, 0.25) is 5.02 Å². The van der Waals surface area contributed by atoms with Gasteiger partial charge >= 0.3 is 11.9 Å². The number of rotatable bonds is 16. The zero-order chi connectivity index (χ0) is 69.9. The number of Topliss-reactive ketones (excluding diaryl/α,β-unsaturated/α-hetero) is 3. The Balaban J connectivity index is 0.000000147. The molecule has 6 heterocycles. The van der Waals surface area contributed by atoms with Crippen molar-refractivity contribution in [1.29, 1.82) is 0 Å². The number of hydrogen-bond acceptors (Lipinski definition) is 13. The molecule has 6 aliphatic carbocycles. The van der Waals surface area contributed by atoms with Crippen molar-refractivity contribution in [3.8, 4) is 0 Å². The van der Waals surface area contributed by atoms with Crippen LogP contribution in [0.4, 0.5) is 45.2 Å². The molecule has 6 fully saturated rings. The summed E-state index contributed by atoms with van der Waals surface area (Å²) in [6.07, 6.45) is -4.56. The van der Waals surface area contributed by atoms with Gasteiger partial charge in [0.05, 0.1) is 41.1 Å². The molecule has 24 nitrogen and oxygen atoms in total. The van der Waals surface area contributed by atoms with Gasteiger partial charge in [0.2, 0.25) is 17.7 Å². The van der Waals surface area contributed by atoms with Crippen molar-refractivity contribution in [1.82, 2.24) is 45.6 Å². The minimum Gasteiger partial charge on any atom is -0.477 e. The number of hydrogen-bond donors (Lipinski definition) is 8. The molecule has 34 heteroatoms. The van der Waals surface area contributed by atoms with Crippen LogP contribution >= 0.6 is 11.6 Å². The summed E-state index contributed by atoms with van der Waals surface area (Å²) in [6.45, 7) is 4.69. The quantitative estimate of drug-likeness (QED) is 0.0314. The van der Waals surface area contributed by atoms with Gasteiger partial charge in [0.15, 0.2) is 11.3 Å². The summed E-state index contributed by atoms with van der Waals surface area (Å²) in [4.78, 5) is 151. The molecule has 6 saturated carbocycles. The van der Waals surface area contributed by atoms with E-state index >= 15 is 8.78 Å². The van der Waals surface area contributed by atoms with Crippen LogP contribution in [0.3, 0.4) is 0 Å². The average Bonchev–Trinajstić information content (AvgIpc) is 1.49. The zero-order valence-corrected chi connectivity index (χ0v) is 52.2. The number of nitrogens with zero attached hydrogens (tertiary/aromatic N) is 3. The normalized spacial score (nSPS) is 25.1. The molecule has 4 aromatic rings. The van der Waals surface area contributed by atoms with E-state index in [9.17, 15) is 93.4 Å². The maximum atomic E-state index is 15.6. The Hall–Kier alpha value is -9.04. The molecule has 0 radical (unpaired) electrons. The number of esters is 1. The lowest BCUT2D eigenvalue weighted by Gasteiger charge is -2.45. The predicted molar refractivity (Wildman–Crippen MR) is 308 cm³/mol. The number of amides is 7. The molecule has 95 heavy (non-hydrogen) atoms. The van der Waals surface area contributed by atoms with Gasteiger partial charge in [-0.2, -0.15) is 0 Å². The third-order valence-electron chi connectivity index (χ3n) is 19.6. The summed E-state index contributed by atoms with van der Waals surface area (Å²) in [6, 6.07) is 3.29. The number of nitrogens with one attached hydrogen (secondary N) is 7. The Morgan fingerprint density at radius 3 is 1.33 bits per heavy atom. The monoisotopic (exact) mass is 1360 g/mol. The molecule has 508 valence electrons. The van der Waals surface area contributed by atoms with Gasteiger partial charge in [-0.15, -0.1) is 0 Å². The van der Waals surface area contributed by atoms with E-state index in [0.29, 0.717) is 36.0 Å². The van der Waals surface area contributed by atoms with Crippen molar-refractivity contribution in [2.24, 2.45) is 11.8 Å². The van der Waals surface area contributed by atoms with Gasteiger partial charge in [-0.1, -0.05) is 11.6 Å². The van der Waals surface area contributed by atoms with Crippen molar-refractivity contribution in [3.05, 3.63) is 96.6 Å². The van der Waals surface area contributed by atoms with Crippen molar-refractivity contribution in [2.45, 2.75) is 156 Å². The molecule has 0 saturated heterocycles. The van der Waals surface area contributed by atoms with Crippen LogP contribution in [0, 0.1) is 38.4 Å². The first-order chi connectivity index (χ1) is 44.1. The third-order valence-corrected chi connectivity index (χ3v) is 19.8. The van der Waals surface area contributed by atoms with Gasteiger partial charge in [-0.05, 0) is 80.3 Å². The van der Waals surface area contributed by atoms with Crippen molar-refractivity contribution < 1.29 is 107 Å². The van der Waals surface area contributed by atoms with Crippen LogP contribution in [-0.4, -0.2) is 158 Å². The van der Waals surface area contributed by atoms with Crippen LogP contribution in [-0.2, 0) is 58.8 Å². The summed E-state index contributed by atoms with van der Waals surface area (Å²) in [5.41, 5.74) is -10.4. The Bertz CT molecular complexity index is 4170. The Labute approximate surface area is 536 Å². The van der Waals surface area contributed by atoms with E-state index in [1.807, 2.05) is 5.32 Å². The number of likely N-dealkylation sites (N-methyl/N-ethyl adjacent to an activating group) is 3. The number of carbonyl (C=O) groups excluding carboxylic acids is 11. The molecule has 8 N–H and O–H groups in total. The lowest BCUT2D eigenvalue weighted by Crippen LogP contribution is -2.69. The number of alkyl halides is 8. The standard InChI is InChI=1S/C24H20ClF5N4O4.C19H21F2N3O5.C18H19F2N3O5/c1-10-14(16(35)19(37)33-21(20(38)31-2)6-23(28,29)7-21)17-24(30)8-22(24,27)9-34(17)15(10)18(36)32-11-3-4-13(26)12(25)5-11;1-8-11(13-10-4-9(10)5-24(13)12(8)16(27)29-3)14(25)15(26)23-18(17(28)22-2)6-19(20,21)7-18;1-7-10(12-9-3-8(9)4-23(12)11(7)15(26)27)13(24)14(25)22-17(16(28)21-2)5-18(19,20)6-17/h3-5H,6-9H2,1-2H3,(H,31,38)(H,32,36)(H,33,37);9-10H,4-7H2,1-3H3,(H,22,28)(H,23,26);8-9H,3-6H2,1-2H3,(H,21,28)(H,22,25)(H,26,27)/t22-,24+;9-,10-;8-,9-/m011/s1. The molecule has 9 aliphatic rings. The number of methoxy groups -OCH3 is 1. The third kappa shape index (κ3) is 10.8. The fraction of sp³-hybridized carbons (Fsp3) is 0.508. The number of fused-ring (bicyclic) bond motifs is 9. The largest absolute Gasteiger partial charge is 0.477 e. The highest BCUT2D eigenvalue weighted by Gasteiger charge is 2.78. The lowest BCUT2D eigenvalue weighted by molar-refractivity contribution is -0.164. The molecular formula is C61H60ClF9N10O14. The van der Waals surface area contributed by atoms with Crippen molar-refractivity contribution in [2.75, 3.05) is 33.6 Å². The summed E-state index contributed by atoms with van der Waals surface area (Å²) >= 11 is 5.73. The minimum absolute atomic E-state index is 0.0121. The fourth-order valence-corrected chi connectivity index (χ4v) is 15.1. The Morgan fingerprint density at radius 2 is 0.947 bits per heavy atom. The number of benzene rings is 1. The molecule has 6 atom stereocenters. The highest BCUT2D eigenvalue weighted by atomic mass is 35.5. The first kappa shape index (κ1) is 67.4. The molecule has 3 aromatic heterocycles. The molecule has 1 aromatic carbocycles. The second kappa shape index (κ2) is 22.3. The minimum atomic E-state index is -3.25. The average molecular weight is 1360 g/mol. The summed E-state index contributed by atoms with van der Waals surface area (Å²) in [5.74, 6) is -21.9. The molecule has 7 amide bonds. The molecule has 13 rings (SSSR count). The lowest BCUT2D eigenvalue weighted by atomic mass is 9.72. The predicted octanol–water partition coefficient (Wildman–Crippen LogP) is 5.08. The van der Waals surface area contributed by atoms with Crippen LogP contribution < -0.4 is 37.2 Å². The maximum absolute atomic E-state index is 15.6. The van der Waals surface area contributed by atoms with E-state index < -0.39 is 185 Å². The van der Waals surface area contributed by atoms with Gasteiger partial charge < -0.3 is 60.8 Å². The number of aromatic carboxylic acids is 1. The molecule has 0 spiro atoms. The number of ether oxygens (including phenoxy) is 1. The number of ketones is 3.